The summed E-state index contributed by atoms with van der Waals surface area (Å²) in [5, 5.41) is 8.35. The number of nitrogens with zero attached hydrogens (tertiary/aromatic N) is 4. The number of amides is 1. The number of hydrogen-bond donors (Lipinski definition) is 1. The van der Waals surface area contributed by atoms with Gasteiger partial charge in [0.1, 0.15) is 5.60 Å². The first kappa shape index (κ1) is 26.5. The molecule has 0 aromatic carbocycles. The van der Waals surface area contributed by atoms with Crippen molar-refractivity contribution in [1.82, 2.24) is 24.9 Å². The average molecular weight is 492 g/mol. The largest absolute Gasteiger partial charge is 0.384 e. The van der Waals surface area contributed by atoms with Crippen molar-refractivity contribution in [1.29, 1.82) is 0 Å². The standard InChI is InChI=1S/C26H45N5O4/c1-27-12-13-29(2)16-21-23(20-6-8-25(9-7-20,18-33-3)19-34-4)22-17-30(14-15-31(22)28-21)24(32)26(35-5)10-11-26/h20,27H,6-19H2,1-5H3. The van der Waals surface area contributed by atoms with Crippen LogP contribution >= 0.6 is 0 Å². The zero-order valence-electron chi connectivity index (χ0n) is 22.4. The molecule has 0 unspecified atom stereocenters. The van der Waals surface area contributed by atoms with Crippen molar-refractivity contribution in [2.45, 2.75) is 69.7 Å². The van der Waals surface area contributed by atoms with Crippen molar-refractivity contribution >= 4 is 5.91 Å². The molecule has 0 saturated heterocycles. The molecule has 1 aromatic heterocycles. The fourth-order valence-corrected chi connectivity index (χ4v) is 6.16. The molecule has 2 saturated carbocycles. The highest BCUT2D eigenvalue weighted by Crippen LogP contribution is 2.46. The Morgan fingerprint density at radius 3 is 2.37 bits per heavy atom. The minimum Gasteiger partial charge on any atom is -0.384 e. The third-order valence-corrected chi connectivity index (χ3v) is 8.39. The van der Waals surface area contributed by atoms with Crippen molar-refractivity contribution in [3.8, 4) is 0 Å². The van der Waals surface area contributed by atoms with Crippen molar-refractivity contribution in [2.24, 2.45) is 5.41 Å². The molecule has 9 nitrogen and oxygen atoms in total. The highest BCUT2D eigenvalue weighted by Gasteiger charge is 2.53. The molecule has 0 bridgehead atoms. The Morgan fingerprint density at radius 1 is 1.11 bits per heavy atom. The number of nitrogens with one attached hydrogen (secondary N) is 1. The summed E-state index contributed by atoms with van der Waals surface area (Å²) in [5.74, 6) is 0.592. The minimum absolute atomic E-state index is 0.0931. The maximum absolute atomic E-state index is 13.3. The first-order valence-electron chi connectivity index (χ1n) is 13.1. The molecule has 0 atom stereocenters. The van der Waals surface area contributed by atoms with Gasteiger partial charge >= 0.3 is 0 Å². The van der Waals surface area contributed by atoms with E-state index in [0.717, 1.165) is 77.9 Å². The quantitative estimate of drug-likeness (QED) is 0.479. The number of likely N-dealkylation sites (N-methyl/N-ethyl adjacent to an activating group) is 2. The van der Waals surface area contributed by atoms with E-state index in [9.17, 15) is 4.79 Å². The predicted molar refractivity (Wildman–Crippen MR) is 134 cm³/mol. The van der Waals surface area contributed by atoms with Crippen molar-refractivity contribution < 1.29 is 19.0 Å². The summed E-state index contributed by atoms with van der Waals surface area (Å²) in [6.45, 7) is 6.28. The van der Waals surface area contributed by atoms with E-state index in [1.807, 2.05) is 11.9 Å². The van der Waals surface area contributed by atoms with E-state index in [4.69, 9.17) is 19.3 Å². The van der Waals surface area contributed by atoms with E-state index >= 15 is 0 Å². The van der Waals surface area contributed by atoms with Gasteiger partial charge in [-0.25, -0.2) is 0 Å². The van der Waals surface area contributed by atoms with E-state index < -0.39 is 5.60 Å². The molecule has 198 valence electrons. The SMILES string of the molecule is CNCCN(C)Cc1nn2c(c1C1CCC(COC)(COC)CC1)CN(C(=O)C1(OC)CC1)CC2. The topological polar surface area (TPSA) is 81.1 Å². The Morgan fingerprint density at radius 2 is 1.80 bits per heavy atom. The fraction of sp³-hybridized carbons (Fsp3) is 0.846. The number of hydrogen-bond acceptors (Lipinski definition) is 7. The van der Waals surface area contributed by atoms with Gasteiger partial charge in [-0.1, -0.05) is 0 Å². The average Bonchev–Trinajstić information content (AvgIpc) is 3.58. The second kappa shape index (κ2) is 11.3. The van der Waals surface area contributed by atoms with Crippen molar-refractivity contribution in [2.75, 3.05) is 68.3 Å². The van der Waals surface area contributed by atoms with Crippen molar-refractivity contribution in [3.63, 3.8) is 0 Å². The molecule has 1 amide bonds. The lowest BCUT2D eigenvalue weighted by atomic mass is 9.69. The summed E-state index contributed by atoms with van der Waals surface area (Å²) in [6, 6.07) is 0. The Bertz CT molecular complexity index is 852. The van der Waals surface area contributed by atoms with Gasteiger partial charge in [-0.3, -0.25) is 14.4 Å². The molecular formula is C26H45N5O4. The molecule has 3 aliphatic rings. The first-order valence-corrected chi connectivity index (χ1v) is 13.1. The van der Waals surface area contributed by atoms with Crippen LogP contribution in [-0.4, -0.2) is 99.4 Å². The number of carbonyl (C=O) groups is 1. The third-order valence-electron chi connectivity index (χ3n) is 8.39. The lowest BCUT2D eigenvalue weighted by Gasteiger charge is -2.40. The van der Waals surface area contributed by atoms with E-state index in [1.54, 1.807) is 21.3 Å². The fourth-order valence-electron chi connectivity index (χ4n) is 6.16. The summed E-state index contributed by atoms with van der Waals surface area (Å²) in [7, 11) is 9.39. The van der Waals surface area contributed by atoms with E-state index in [-0.39, 0.29) is 11.3 Å². The molecule has 0 radical (unpaired) electrons. The molecule has 1 aromatic rings. The zero-order chi connectivity index (χ0) is 25.1. The Balaban J connectivity index is 1.58. The van der Waals surface area contributed by atoms with Crippen LogP contribution in [0.4, 0.5) is 0 Å². The van der Waals surface area contributed by atoms with E-state index in [2.05, 4.69) is 21.9 Å². The van der Waals surface area contributed by atoms with Gasteiger partial charge in [0.25, 0.3) is 5.91 Å². The van der Waals surface area contributed by atoms with Crippen LogP contribution in [0.3, 0.4) is 0 Å². The number of carbonyl (C=O) groups excluding carboxylic acids is 1. The van der Waals surface area contributed by atoms with Gasteiger partial charge in [-0.15, -0.1) is 0 Å². The number of fused-ring (bicyclic) bond motifs is 1. The maximum atomic E-state index is 13.3. The molecule has 2 fully saturated rings. The van der Waals surface area contributed by atoms with Crippen LogP contribution in [0, 0.1) is 5.41 Å². The minimum atomic E-state index is -0.580. The van der Waals surface area contributed by atoms with Gasteiger partial charge in [0.2, 0.25) is 0 Å². The van der Waals surface area contributed by atoms with E-state index in [1.165, 1.54) is 17.0 Å². The Kier molecular flexibility index (Phi) is 8.53. The molecule has 2 aliphatic carbocycles. The molecule has 0 spiro atoms. The summed E-state index contributed by atoms with van der Waals surface area (Å²) >= 11 is 0. The van der Waals surface area contributed by atoms with Gasteiger partial charge in [-0.05, 0) is 58.5 Å². The molecule has 35 heavy (non-hydrogen) atoms. The molecule has 1 N–H and O–H groups in total. The van der Waals surface area contributed by atoms with Gasteiger partial charge in [0, 0.05) is 58.5 Å². The molecule has 1 aliphatic heterocycles. The lowest BCUT2D eigenvalue weighted by molar-refractivity contribution is -0.146. The monoisotopic (exact) mass is 491 g/mol. The van der Waals surface area contributed by atoms with Gasteiger partial charge < -0.3 is 24.4 Å². The van der Waals surface area contributed by atoms with Gasteiger partial charge in [0.15, 0.2) is 0 Å². The normalized spacial score (nSPS) is 21.4. The van der Waals surface area contributed by atoms with Crippen LogP contribution in [0.25, 0.3) is 0 Å². The summed E-state index contributed by atoms with van der Waals surface area (Å²) in [6.07, 6.45) is 6.00. The smallest absolute Gasteiger partial charge is 0.255 e. The van der Waals surface area contributed by atoms with Crippen LogP contribution in [0.1, 0.15) is 61.4 Å². The summed E-state index contributed by atoms with van der Waals surface area (Å²) in [5.41, 5.74) is 3.30. The van der Waals surface area contributed by atoms with Crippen molar-refractivity contribution in [3.05, 3.63) is 17.0 Å². The molecular weight excluding hydrogens is 446 g/mol. The molecule has 9 heteroatoms. The van der Waals surface area contributed by atoms with Crippen LogP contribution in [0.5, 0.6) is 0 Å². The van der Waals surface area contributed by atoms with Gasteiger partial charge in [-0.2, -0.15) is 5.10 Å². The second-order valence-electron chi connectivity index (χ2n) is 10.9. The number of rotatable bonds is 12. The molecule has 2 heterocycles. The Labute approximate surface area is 210 Å². The second-order valence-corrected chi connectivity index (χ2v) is 10.9. The summed E-state index contributed by atoms with van der Waals surface area (Å²) in [4.78, 5) is 17.6. The number of ether oxygens (including phenoxy) is 3. The van der Waals surface area contributed by atoms with Crippen LogP contribution in [0.15, 0.2) is 0 Å². The predicted octanol–water partition coefficient (Wildman–Crippen LogP) is 1.99. The zero-order valence-corrected chi connectivity index (χ0v) is 22.4. The van der Waals surface area contributed by atoms with Gasteiger partial charge in [0.05, 0.1) is 37.7 Å². The third kappa shape index (κ3) is 5.59. The van der Waals surface area contributed by atoms with Crippen LogP contribution < -0.4 is 5.32 Å². The highest BCUT2D eigenvalue weighted by molar-refractivity contribution is 5.88. The van der Waals surface area contributed by atoms with E-state index in [0.29, 0.717) is 19.0 Å². The first-order chi connectivity index (χ1) is 16.9. The molecule has 4 rings (SSSR count). The highest BCUT2D eigenvalue weighted by atomic mass is 16.5. The number of aromatic nitrogens is 2. The summed E-state index contributed by atoms with van der Waals surface area (Å²) < 4.78 is 19.0. The lowest BCUT2D eigenvalue weighted by Crippen LogP contribution is -2.45. The van der Waals surface area contributed by atoms with Crippen LogP contribution in [-0.2, 0) is 38.6 Å². The number of methoxy groups -OCH3 is 3. The van der Waals surface area contributed by atoms with Crippen LogP contribution in [0.2, 0.25) is 0 Å². The Hall–Kier alpha value is -1.52. The maximum Gasteiger partial charge on any atom is 0.255 e.